The van der Waals surface area contributed by atoms with Gasteiger partial charge >= 0.3 is 0 Å². The molecule has 1 aromatic rings. The first kappa shape index (κ1) is 21.9. The molecule has 1 atom stereocenters. The zero-order chi connectivity index (χ0) is 17.6. The highest BCUT2D eigenvalue weighted by molar-refractivity contribution is 7.89. The van der Waals surface area contributed by atoms with E-state index < -0.39 is 10.0 Å². The maximum atomic E-state index is 12.4. The van der Waals surface area contributed by atoms with Crippen LogP contribution in [0.4, 0.5) is 0 Å². The van der Waals surface area contributed by atoms with E-state index in [1.807, 2.05) is 14.0 Å². The molecule has 6 nitrogen and oxygen atoms in total. The number of amides is 1. The summed E-state index contributed by atoms with van der Waals surface area (Å²) < 4.78 is 26.4. The molecular formula is C17H28ClN3O3S. The van der Waals surface area contributed by atoms with Crippen molar-refractivity contribution in [3.63, 3.8) is 0 Å². The molecule has 0 spiro atoms. The van der Waals surface area contributed by atoms with Gasteiger partial charge in [-0.05, 0) is 50.9 Å². The Balaban J connectivity index is 0.00000312. The van der Waals surface area contributed by atoms with Crippen LogP contribution in [0.5, 0.6) is 0 Å². The first-order valence-corrected chi connectivity index (χ1v) is 9.90. The van der Waals surface area contributed by atoms with Crippen LogP contribution in [-0.4, -0.2) is 51.4 Å². The van der Waals surface area contributed by atoms with Crippen molar-refractivity contribution in [1.29, 1.82) is 0 Å². The monoisotopic (exact) mass is 389 g/mol. The largest absolute Gasteiger partial charge is 0.355 e. The van der Waals surface area contributed by atoms with Crippen molar-refractivity contribution in [3.05, 3.63) is 29.8 Å². The summed E-state index contributed by atoms with van der Waals surface area (Å²) in [6.45, 7) is 3.81. The van der Waals surface area contributed by atoms with Crippen LogP contribution in [-0.2, 0) is 21.2 Å². The number of nitrogens with zero attached hydrogens (tertiary/aromatic N) is 1. The van der Waals surface area contributed by atoms with Crippen molar-refractivity contribution in [2.75, 3.05) is 26.7 Å². The second-order valence-corrected chi connectivity index (χ2v) is 8.19. The smallest absolute Gasteiger partial charge is 0.243 e. The SMILES string of the molecule is CNC(C)CNC(=O)CCc1ccc(S(=O)(=O)N2CCCC2)cc1.Cl. The number of halogens is 1. The van der Waals surface area contributed by atoms with Crippen LogP contribution in [0.15, 0.2) is 29.2 Å². The highest BCUT2D eigenvalue weighted by Crippen LogP contribution is 2.21. The maximum Gasteiger partial charge on any atom is 0.243 e. The zero-order valence-electron chi connectivity index (χ0n) is 14.8. The van der Waals surface area contributed by atoms with Gasteiger partial charge < -0.3 is 10.6 Å². The summed E-state index contributed by atoms with van der Waals surface area (Å²) in [7, 11) is -1.50. The Kier molecular flexibility index (Phi) is 8.85. The summed E-state index contributed by atoms with van der Waals surface area (Å²) in [6, 6.07) is 7.12. The number of benzene rings is 1. The Bertz CT molecular complexity index is 644. The van der Waals surface area contributed by atoms with E-state index in [2.05, 4.69) is 10.6 Å². The second-order valence-electron chi connectivity index (χ2n) is 6.25. The summed E-state index contributed by atoms with van der Waals surface area (Å²) in [4.78, 5) is 12.1. The van der Waals surface area contributed by atoms with Gasteiger partial charge in [-0.2, -0.15) is 4.31 Å². The van der Waals surface area contributed by atoms with E-state index in [1.54, 1.807) is 28.6 Å². The Morgan fingerprint density at radius 3 is 2.36 bits per heavy atom. The number of carbonyl (C=O) groups is 1. The molecule has 1 fully saturated rings. The third kappa shape index (κ3) is 6.26. The van der Waals surface area contributed by atoms with E-state index in [4.69, 9.17) is 0 Å². The summed E-state index contributed by atoms with van der Waals surface area (Å²) >= 11 is 0. The third-order valence-corrected chi connectivity index (χ3v) is 6.28. The molecule has 1 aliphatic heterocycles. The van der Waals surface area contributed by atoms with Gasteiger partial charge in [-0.3, -0.25) is 4.79 Å². The van der Waals surface area contributed by atoms with Crippen molar-refractivity contribution in [2.45, 2.75) is 43.5 Å². The van der Waals surface area contributed by atoms with Crippen molar-refractivity contribution in [1.82, 2.24) is 14.9 Å². The first-order valence-electron chi connectivity index (χ1n) is 8.46. The van der Waals surface area contributed by atoms with Gasteiger partial charge in [0.15, 0.2) is 0 Å². The van der Waals surface area contributed by atoms with E-state index >= 15 is 0 Å². The van der Waals surface area contributed by atoms with Crippen LogP contribution >= 0.6 is 12.4 Å². The molecule has 1 unspecified atom stereocenters. The lowest BCUT2D eigenvalue weighted by Gasteiger charge is -2.15. The number of aryl methyl sites for hydroxylation is 1. The molecular weight excluding hydrogens is 362 g/mol. The normalized spacial score (nSPS) is 16.2. The van der Waals surface area contributed by atoms with E-state index in [1.165, 1.54) is 0 Å². The lowest BCUT2D eigenvalue weighted by Crippen LogP contribution is -2.37. The summed E-state index contributed by atoms with van der Waals surface area (Å²) in [5.41, 5.74) is 0.965. The van der Waals surface area contributed by atoms with Gasteiger partial charge in [0, 0.05) is 32.1 Å². The van der Waals surface area contributed by atoms with Gasteiger partial charge in [0.05, 0.1) is 4.90 Å². The van der Waals surface area contributed by atoms with Crippen molar-refractivity contribution >= 4 is 28.3 Å². The zero-order valence-corrected chi connectivity index (χ0v) is 16.5. The van der Waals surface area contributed by atoms with Crippen molar-refractivity contribution in [2.24, 2.45) is 0 Å². The van der Waals surface area contributed by atoms with Gasteiger partial charge in [-0.15, -0.1) is 12.4 Å². The van der Waals surface area contributed by atoms with Gasteiger partial charge in [0.1, 0.15) is 0 Å². The van der Waals surface area contributed by atoms with Gasteiger partial charge in [0.2, 0.25) is 15.9 Å². The fraction of sp³-hybridized carbons (Fsp3) is 0.588. The number of rotatable bonds is 8. The molecule has 0 aromatic heterocycles. The fourth-order valence-electron chi connectivity index (χ4n) is 2.62. The lowest BCUT2D eigenvalue weighted by atomic mass is 10.1. The van der Waals surface area contributed by atoms with Gasteiger partial charge in [-0.1, -0.05) is 12.1 Å². The number of likely N-dealkylation sites (N-methyl/N-ethyl adjacent to an activating group) is 1. The Labute approximate surface area is 156 Å². The minimum Gasteiger partial charge on any atom is -0.355 e. The van der Waals surface area contributed by atoms with E-state index in [-0.39, 0.29) is 24.4 Å². The summed E-state index contributed by atoms with van der Waals surface area (Å²) in [5, 5.41) is 5.93. The molecule has 1 amide bonds. The molecule has 2 rings (SSSR count). The number of hydrogen-bond acceptors (Lipinski definition) is 4. The first-order chi connectivity index (χ1) is 11.4. The second kappa shape index (κ2) is 10.1. The van der Waals surface area contributed by atoms with E-state index in [0.717, 1.165) is 18.4 Å². The standard InChI is InChI=1S/C17H27N3O3S.ClH/c1-14(18-2)13-19-17(21)10-7-15-5-8-16(9-6-15)24(22,23)20-11-3-4-12-20;/h5-6,8-9,14,18H,3-4,7,10-13H2,1-2H3,(H,19,21);1H. The molecule has 0 aliphatic carbocycles. The van der Waals surface area contributed by atoms with Crippen LogP contribution < -0.4 is 10.6 Å². The molecule has 25 heavy (non-hydrogen) atoms. The fourth-order valence-corrected chi connectivity index (χ4v) is 4.14. The Morgan fingerprint density at radius 1 is 1.20 bits per heavy atom. The number of carbonyl (C=O) groups excluding carboxylic acids is 1. The molecule has 1 saturated heterocycles. The molecule has 1 heterocycles. The molecule has 0 bridgehead atoms. The quantitative estimate of drug-likeness (QED) is 0.707. The minimum absolute atomic E-state index is 0. The lowest BCUT2D eigenvalue weighted by molar-refractivity contribution is -0.121. The number of hydrogen-bond donors (Lipinski definition) is 2. The Hall–Kier alpha value is -1.15. The molecule has 2 N–H and O–H groups in total. The Morgan fingerprint density at radius 2 is 1.80 bits per heavy atom. The van der Waals surface area contributed by atoms with Gasteiger partial charge in [0.25, 0.3) is 0 Å². The predicted octanol–water partition coefficient (Wildman–Crippen LogP) is 1.55. The third-order valence-electron chi connectivity index (χ3n) is 4.37. The van der Waals surface area contributed by atoms with Gasteiger partial charge in [-0.25, -0.2) is 8.42 Å². The average molecular weight is 390 g/mol. The number of nitrogens with one attached hydrogen (secondary N) is 2. The minimum atomic E-state index is -3.36. The highest BCUT2D eigenvalue weighted by Gasteiger charge is 2.26. The van der Waals surface area contributed by atoms with Crippen LogP contribution in [0.1, 0.15) is 31.7 Å². The van der Waals surface area contributed by atoms with Crippen molar-refractivity contribution in [3.8, 4) is 0 Å². The molecule has 142 valence electrons. The summed E-state index contributed by atoms with van der Waals surface area (Å²) in [5.74, 6) is 0.00543. The highest BCUT2D eigenvalue weighted by atomic mass is 35.5. The molecule has 1 aliphatic rings. The topological polar surface area (TPSA) is 78.5 Å². The maximum absolute atomic E-state index is 12.4. The molecule has 0 saturated carbocycles. The molecule has 0 radical (unpaired) electrons. The van der Waals surface area contributed by atoms with Crippen LogP contribution in [0.2, 0.25) is 0 Å². The van der Waals surface area contributed by atoms with Crippen LogP contribution in [0, 0.1) is 0 Å². The molecule has 1 aromatic carbocycles. The number of sulfonamides is 1. The average Bonchev–Trinajstić information content (AvgIpc) is 3.13. The van der Waals surface area contributed by atoms with E-state index in [0.29, 0.717) is 37.4 Å². The van der Waals surface area contributed by atoms with E-state index in [9.17, 15) is 13.2 Å². The van der Waals surface area contributed by atoms with Crippen LogP contribution in [0.3, 0.4) is 0 Å². The van der Waals surface area contributed by atoms with Crippen molar-refractivity contribution < 1.29 is 13.2 Å². The van der Waals surface area contributed by atoms with Crippen LogP contribution in [0.25, 0.3) is 0 Å². The molecule has 8 heteroatoms. The summed E-state index contributed by atoms with van der Waals surface area (Å²) in [6.07, 6.45) is 2.86. The predicted molar refractivity (Wildman–Crippen MR) is 102 cm³/mol.